The van der Waals surface area contributed by atoms with E-state index in [0.29, 0.717) is 0 Å². The van der Waals surface area contributed by atoms with Crippen LogP contribution >= 0.6 is 53.7 Å². The van der Waals surface area contributed by atoms with Gasteiger partial charge in [0, 0.05) is 31.5 Å². The zero-order chi connectivity index (χ0) is 95.5. The Morgan fingerprint density at radius 1 is 0.393 bits per heavy atom. The van der Waals surface area contributed by atoms with Crippen molar-refractivity contribution in [3.63, 3.8) is 0 Å². The number of halogens is 5. The number of aliphatic hydroxyl groups excluding tert-OH is 1. The molecule has 17 N–H and O–H groups in total. The number of carbonyl (C=O) groups is 2. The summed E-state index contributed by atoms with van der Waals surface area (Å²) in [6.07, 6.45) is -28.5. The van der Waals surface area contributed by atoms with Crippen LogP contribution in [-0.2, 0) is 139 Å². The summed E-state index contributed by atoms with van der Waals surface area (Å²) in [4.78, 5) is 171. The lowest BCUT2D eigenvalue weighted by atomic mass is 10.1. The molecule has 0 amide bonds. The van der Waals surface area contributed by atoms with Crippen LogP contribution in [0.2, 0.25) is 0 Å². The summed E-state index contributed by atoms with van der Waals surface area (Å²) in [6, 6.07) is 1.49. The highest BCUT2D eigenvalue weighted by atomic mass is 32.7. The molecule has 11 aliphatic heterocycles. The van der Waals surface area contributed by atoms with E-state index in [-0.39, 0.29) is 116 Å². The van der Waals surface area contributed by atoms with Crippen molar-refractivity contribution in [3.8, 4) is 0 Å². The van der Waals surface area contributed by atoms with E-state index < -0.39 is 245 Å². The number of aromatic nitrogens is 19. The molecule has 21 rings (SSSR count). The number of carbonyl (C=O) groups excluding carboxylic acids is 2. The number of pyridine rings is 1. The maximum Gasteiger partial charge on any atom is 0.472 e. The summed E-state index contributed by atoms with van der Waals surface area (Å²) in [5.41, 5.74) is 20.9. The molecule has 0 aliphatic carbocycles. The quantitative estimate of drug-likeness (QED) is 0.0635. The van der Waals surface area contributed by atoms with Crippen LogP contribution in [0.4, 0.5) is 57.1 Å². The largest absolute Gasteiger partial charge is 0.472 e. The van der Waals surface area contributed by atoms with Crippen molar-refractivity contribution < 1.29 is 153 Å². The number of phosphoric ester groups is 1. The van der Waals surface area contributed by atoms with E-state index in [9.17, 15) is 62.7 Å². The van der Waals surface area contributed by atoms with E-state index in [1.165, 1.54) is 61.9 Å². The highest BCUT2D eigenvalue weighted by Crippen LogP contribution is 2.62. The van der Waals surface area contributed by atoms with Crippen LogP contribution in [0.5, 0.6) is 0 Å². The third kappa shape index (κ3) is 18.7. The average molecular weight is 2110 g/mol. The predicted molar refractivity (Wildman–Crippen MR) is 460 cm³/mol. The molecule has 10 aromatic heterocycles. The molecule has 0 spiro atoms. The molecular formula is C63H68F5N25O31P6S5. The molecule has 10 aromatic rings. The molecule has 6 unspecified atom stereocenters. The van der Waals surface area contributed by atoms with E-state index in [1.54, 1.807) is 0 Å². The van der Waals surface area contributed by atoms with Crippen molar-refractivity contribution in [1.82, 2.24) is 92.2 Å². The van der Waals surface area contributed by atoms with Crippen LogP contribution in [0.3, 0.4) is 0 Å². The van der Waals surface area contributed by atoms with Gasteiger partial charge in [0.1, 0.15) is 84.9 Å². The Balaban J connectivity index is 0.000000130. The standard InChI is InChI=1S/C21H23F2N9O10P2S.C21H22F2N8O10P2S2.C21H23FN8O11P2S2/c22-10-8-3-37-43(34,35)41-14-9(40-19(11(14)23)31-5-27-12-7(24)1-2-26-16(12)31)4-38-44(36,45)42-15(10)20(39-8)32-6-28-13-17(32)29-21(25)30-18(13)33;22-10-8-3-36-42(34,44)40-14-9(39-19(11(14)23)30-5-26-12-7(32)1-2-25-16(12)30)4-37-43(35,45)41-15(10)20(38-8)31-6-27-13-17(31)28-21(24)29-18(13)33;22-10-14-9(39-19(10)29-5-25-11-7(31)1-2-24-16(11)29)4-37-43(35,45)41-15-13(32)8(3-36-42(34,44)40-14)38-20(15)30-6-26-12-17(30)27-21(23)28-18(12)33/h1-2,5-6,8-11,14-15,19-20H,3-4H2,(H2,24,26)(H,34,35)(H,36,45)(H3,25,29,30,33);2,5-6,8-11,14-15,19-20H,1,3-4H2,(H,34,44)(H,35,45)(H3,24,28,29,33);2,5-6,8-10,13-15,19-20,32H,1,3-4H2,(H,34,44)(H,35,45)(H3,23,27,28,33)/t8-,9-,10-,11+,14-,15-,19-,20-,44?;8-,9-,10-,11+,14-,15-,19-,20-,42?,43?;8-,9-,10+,13-,14-,15-,19-,20-,42?,43?/m111/s1. The number of ketones is 2. The topological polar surface area (TPSA) is 742 Å². The van der Waals surface area contributed by atoms with Gasteiger partial charge >= 0.3 is 41.5 Å². The molecule has 21 heterocycles. The van der Waals surface area contributed by atoms with Gasteiger partial charge in [0.2, 0.25) is 17.8 Å². The summed E-state index contributed by atoms with van der Waals surface area (Å²) in [6.45, 7) is -26.1. The fourth-order valence-electron chi connectivity index (χ4n) is 16.1. The van der Waals surface area contributed by atoms with Gasteiger partial charge in [-0.05, 0) is 53.3 Å². The normalized spacial score (nSPS) is 38.4. The lowest BCUT2D eigenvalue weighted by molar-refractivity contribution is -0.0630. The van der Waals surface area contributed by atoms with Crippen LogP contribution < -0.4 is 39.6 Å². The minimum absolute atomic E-state index is 0.00967. The molecule has 9 saturated heterocycles. The first kappa shape index (κ1) is 96.0. The molecule has 0 radical (unpaired) electrons. The number of nitrogens with one attached hydrogen (secondary N) is 3. The zero-order valence-corrected chi connectivity index (χ0v) is 76.7. The Morgan fingerprint density at radius 2 is 0.726 bits per heavy atom. The molecule has 726 valence electrons. The number of aromatic amines is 3. The molecule has 0 saturated carbocycles. The number of thiol groups is 1. The number of nitrogens with two attached hydrogens (primary N) is 4. The zero-order valence-electron chi connectivity index (χ0n) is 67.2. The molecular weight excluding hydrogens is 2040 g/mol. The Kier molecular flexibility index (Phi) is 26.0. The van der Waals surface area contributed by atoms with Crippen LogP contribution in [-0.4, -0.2) is 296 Å². The highest BCUT2D eigenvalue weighted by molar-refractivity contribution is 8.44. The van der Waals surface area contributed by atoms with Crippen molar-refractivity contribution in [1.29, 1.82) is 0 Å². The summed E-state index contributed by atoms with van der Waals surface area (Å²) in [5, 5.41) is 11.1. The third-order valence-electron chi connectivity index (χ3n) is 22.1. The first-order valence-corrected chi connectivity index (χ1v) is 53.8. The number of H-pyrrole nitrogens is 3. The van der Waals surface area contributed by atoms with E-state index >= 15 is 22.0 Å². The number of aliphatic imine (C=N–C) groups is 2. The number of rotatable bonds is 6. The van der Waals surface area contributed by atoms with E-state index in [4.69, 9.17) is 153 Å². The van der Waals surface area contributed by atoms with Crippen molar-refractivity contribution in [2.24, 2.45) is 9.98 Å². The third-order valence-corrected chi connectivity index (χ3v) is 31.0. The van der Waals surface area contributed by atoms with E-state index in [0.717, 1.165) is 28.1 Å². The number of phosphoric acid groups is 1. The Hall–Kier alpha value is -7.93. The fraction of sp³-hybridized carbons (Fsp3) is 0.508. The predicted octanol–water partition coefficient (Wildman–Crippen LogP) is 1.40. The fourth-order valence-corrected chi connectivity index (χ4v) is 24.1. The molecule has 9 fully saturated rings. The summed E-state index contributed by atoms with van der Waals surface area (Å²) >= 11 is 24.6. The van der Waals surface area contributed by atoms with Gasteiger partial charge in [0.25, 0.3) is 16.7 Å². The molecule has 135 heavy (non-hydrogen) atoms. The van der Waals surface area contributed by atoms with Gasteiger partial charge in [0.15, 0.2) is 142 Å². The summed E-state index contributed by atoms with van der Waals surface area (Å²) < 4.78 is 213. The van der Waals surface area contributed by atoms with E-state index in [1.807, 2.05) is 0 Å². The van der Waals surface area contributed by atoms with Gasteiger partial charge in [-0.1, -0.05) is 12.2 Å². The lowest BCUT2D eigenvalue weighted by Gasteiger charge is -2.27. The minimum atomic E-state index is -5.14. The van der Waals surface area contributed by atoms with Crippen molar-refractivity contribution in [2.45, 2.75) is 160 Å². The van der Waals surface area contributed by atoms with Crippen LogP contribution in [0.25, 0.3) is 44.7 Å². The van der Waals surface area contributed by atoms with Gasteiger partial charge in [-0.15, -0.1) is 0 Å². The molecule has 0 aromatic carbocycles. The van der Waals surface area contributed by atoms with Gasteiger partial charge in [-0.25, -0.2) is 76.0 Å². The number of fused-ring (bicyclic) bond motifs is 15. The monoisotopic (exact) mass is 2110 g/mol. The number of ether oxygens (including phenoxy) is 6. The highest BCUT2D eigenvalue weighted by Gasteiger charge is 2.60. The van der Waals surface area contributed by atoms with Gasteiger partial charge in [-0.2, -0.15) is 15.0 Å². The number of nitrogen functional groups attached to an aromatic ring is 4. The maximum absolute atomic E-state index is 16.0. The number of Topliss-reactive ketones (excluding diaryl/α,β-unsaturated/α-hetero) is 2. The molecule has 11 aliphatic rings. The SMILES string of the molecule is Nc1nc2c(ncn2[C@@H]2O[C@@H]3COP(=O)(O)O[C@H]4[C@H](F)[C@H](n5cnc6c(N)ccnc65)O[C@@H]4COP(O)(=S)O[C@@H]2[C@@H]3F)c(=O)[nH]1.Nc1nc2c(ncn2[C@@H]2O[C@@H]3COP(O)(=S)O[C@H]4[C@H](F)[C@H](n5cnc6c5N=CCC6=O)O[C@@H]4COP(=O)(S)O[C@@H]2[C@@H]3F)c(=O)[nH]1.Nc1nc2c(ncn2[C@@H]2O[C@@H]3COP(O)(=S)O[C@H]4[C@H](F)[C@H](n5cnc6c5N=CCC6=O)O[C@@H]4COP(O)(=S)O[C@@H]2[C@@H]3O)c(=O)[nH]1. The number of hydrogen-bond acceptors (Lipinski definition) is 46. The Morgan fingerprint density at radius 3 is 1.17 bits per heavy atom. The molecule has 30 atom stereocenters. The number of anilines is 4. The summed E-state index contributed by atoms with van der Waals surface area (Å²) in [7, 11) is -5.14. The Bertz CT molecular complexity index is 6700. The maximum atomic E-state index is 16.0. The first-order chi connectivity index (χ1) is 63.9. The molecule has 56 nitrogen and oxygen atoms in total. The number of aliphatic hydroxyl groups is 1. The average Bonchev–Trinajstić information content (AvgIpc) is 1.61. The smallest absolute Gasteiger partial charge is 0.397 e. The van der Waals surface area contributed by atoms with Gasteiger partial charge < -0.3 is 99.0 Å². The lowest BCUT2D eigenvalue weighted by Crippen LogP contribution is -2.35. The second-order valence-electron chi connectivity index (χ2n) is 30.7. The molecule has 72 heteroatoms. The van der Waals surface area contributed by atoms with Crippen molar-refractivity contribution in [3.05, 3.63) is 92.7 Å². The van der Waals surface area contributed by atoms with Crippen molar-refractivity contribution in [2.75, 3.05) is 62.6 Å². The number of hydrogen-bond donors (Lipinski definition) is 14. The molecule has 6 bridgehead atoms. The van der Waals surface area contributed by atoms with Gasteiger partial charge in [-0.3, -0.25) is 103 Å². The van der Waals surface area contributed by atoms with Crippen LogP contribution in [0, 0.1) is 0 Å². The van der Waals surface area contributed by atoms with Crippen LogP contribution in [0.15, 0.2) is 74.6 Å². The second kappa shape index (κ2) is 36.6. The number of imidazole rings is 6. The summed E-state index contributed by atoms with van der Waals surface area (Å²) in [5.74, 6) is -1.34. The second-order valence-corrected chi connectivity index (χ2v) is 46.1. The Labute approximate surface area is 771 Å². The number of nitrogens with zero attached hydrogens (tertiary/aromatic N) is 18. The first-order valence-electron chi connectivity index (χ1n) is 39.2. The van der Waals surface area contributed by atoms with Gasteiger partial charge in [0.05, 0.1) is 83.3 Å². The van der Waals surface area contributed by atoms with Crippen LogP contribution in [0.1, 0.15) is 71.2 Å². The van der Waals surface area contributed by atoms with Crippen molar-refractivity contribution >= 4 is 205 Å². The number of alkyl halides is 5. The van der Waals surface area contributed by atoms with E-state index in [2.05, 4.69) is 87.0 Å². The minimum Gasteiger partial charge on any atom is -0.397 e.